The smallest absolute Gasteiger partial charge is 0.260 e. The number of hydrogen-bond donors (Lipinski definition) is 1. The van der Waals surface area contributed by atoms with E-state index >= 15 is 0 Å². The van der Waals surface area contributed by atoms with Gasteiger partial charge in [-0.1, -0.05) is 54.0 Å². The van der Waals surface area contributed by atoms with Gasteiger partial charge < -0.3 is 10.2 Å². The van der Waals surface area contributed by atoms with Crippen molar-refractivity contribution in [2.45, 2.75) is 36.0 Å². The molecule has 9 heteroatoms. The van der Waals surface area contributed by atoms with E-state index in [1.165, 1.54) is 16.7 Å². The first-order chi connectivity index (χ1) is 14.9. The number of nitrogens with zero attached hydrogens (tertiary/aromatic N) is 2. The Morgan fingerprint density at radius 3 is 2.77 bits per heavy atom. The number of halogens is 2. The average Bonchev–Trinajstić information content (AvgIpc) is 3.25. The van der Waals surface area contributed by atoms with Gasteiger partial charge in [0.15, 0.2) is 4.87 Å². The first-order valence-corrected chi connectivity index (χ1v) is 11.6. The zero-order valence-electron chi connectivity index (χ0n) is 16.9. The van der Waals surface area contributed by atoms with Crippen LogP contribution in [0.5, 0.6) is 0 Å². The Morgan fingerprint density at radius 2 is 2.00 bits per heavy atom. The number of fused-ring (bicyclic) bond motifs is 3. The summed E-state index contributed by atoms with van der Waals surface area (Å²) in [6, 6.07) is 12.3. The van der Waals surface area contributed by atoms with Gasteiger partial charge in [-0.25, -0.2) is 0 Å². The summed E-state index contributed by atoms with van der Waals surface area (Å²) < 4.78 is 0. The molecule has 3 amide bonds. The second kappa shape index (κ2) is 8.73. The third kappa shape index (κ3) is 4.02. The highest BCUT2D eigenvalue weighted by molar-refractivity contribution is 8.02. The van der Waals surface area contributed by atoms with Crippen LogP contribution in [0.1, 0.15) is 26.2 Å². The minimum Gasteiger partial charge on any atom is -0.331 e. The van der Waals surface area contributed by atoms with Gasteiger partial charge in [-0.05, 0) is 43.2 Å². The van der Waals surface area contributed by atoms with E-state index < -0.39 is 4.87 Å². The van der Waals surface area contributed by atoms with E-state index in [9.17, 15) is 14.4 Å². The molecule has 162 valence electrons. The molecule has 1 N–H and O–H groups in total. The molecule has 1 atom stereocenters. The van der Waals surface area contributed by atoms with Gasteiger partial charge in [-0.2, -0.15) is 0 Å². The highest BCUT2D eigenvalue weighted by Crippen LogP contribution is 2.56. The summed E-state index contributed by atoms with van der Waals surface area (Å²) in [7, 11) is 0. The summed E-state index contributed by atoms with van der Waals surface area (Å²) in [5, 5.41) is 3.54. The Balaban J connectivity index is 1.57. The fourth-order valence-electron chi connectivity index (χ4n) is 4.01. The standard InChI is InChI=1S/C22H21Cl2N3O3S/c1-2-11-26(13-19(28)25-16-12-14(23)7-8-15(16)24)21(30)22-10-9-20(29)27(22)17-5-3-4-6-18(17)31-22/h3-8,12H,2,9-11,13H2,1H3,(H,25,28). The molecular weight excluding hydrogens is 457 g/mol. The minimum atomic E-state index is -1.04. The SMILES string of the molecule is CCCN(CC(=O)Nc1cc(Cl)ccc1Cl)C(=O)C12CCC(=O)N1c1ccccc1S2. The van der Waals surface area contributed by atoms with E-state index in [-0.39, 0.29) is 24.3 Å². The minimum absolute atomic E-state index is 0.0718. The van der Waals surface area contributed by atoms with Crippen molar-refractivity contribution >= 4 is 64.1 Å². The number of amides is 3. The van der Waals surface area contributed by atoms with E-state index in [0.717, 1.165) is 10.6 Å². The Bertz CT molecular complexity index is 1060. The molecule has 2 aromatic carbocycles. The Hall–Kier alpha value is -2.22. The average molecular weight is 478 g/mol. The molecule has 4 rings (SSSR count). The maximum Gasteiger partial charge on any atom is 0.260 e. The van der Waals surface area contributed by atoms with Crippen molar-refractivity contribution in [2.24, 2.45) is 0 Å². The van der Waals surface area contributed by atoms with Crippen molar-refractivity contribution in [3.63, 3.8) is 0 Å². The maximum atomic E-state index is 13.7. The van der Waals surface area contributed by atoms with Crippen molar-refractivity contribution in [3.05, 3.63) is 52.5 Å². The monoisotopic (exact) mass is 477 g/mol. The third-order valence-electron chi connectivity index (χ3n) is 5.33. The lowest BCUT2D eigenvalue weighted by atomic mass is 10.1. The number of hydrogen-bond acceptors (Lipinski definition) is 4. The van der Waals surface area contributed by atoms with E-state index in [1.54, 1.807) is 23.1 Å². The van der Waals surface area contributed by atoms with E-state index in [4.69, 9.17) is 23.2 Å². The Kier molecular flexibility index (Phi) is 6.19. The number of anilines is 2. The normalized spacial score (nSPS) is 19.2. The number of benzene rings is 2. The predicted molar refractivity (Wildman–Crippen MR) is 124 cm³/mol. The molecule has 2 aromatic rings. The molecule has 0 radical (unpaired) electrons. The van der Waals surface area contributed by atoms with Gasteiger partial charge in [0.25, 0.3) is 5.91 Å². The van der Waals surface area contributed by atoms with Crippen LogP contribution in [0.3, 0.4) is 0 Å². The maximum absolute atomic E-state index is 13.7. The van der Waals surface area contributed by atoms with Crippen LogP contribution in [0.15, 0.2) is 47.4 Å². The number of carbonyl (C=O) groups is 3. The second-order valence-corrected chi connectivity index (χ2v) is 9.65. The van der Waals surface area contributed by atoms with Crippen LogP contribution in [0.25, 0.3) is 0 Å². The predicted octanol–water partition coefficient (Wildman–Crippen LogP) is 4.80. The number of rotatable bonds is 6. The third-order valence-corrected chi connectivity index (χ3v) is 7.35. The molecule has 2 aliphatic rings. The molecule has 2 aliphatic heterocycles. The second-order valence-electron chi connectivity index (χ2n) is 7.48. The first kappa shape index (κ1) is 22.0. The number of thioether (sulfide) groups is 1. The van der Waals surface area contributed by atoms with Crippen molar-refractivity contribution in [2.75, 3.05) is 23.3 Å². The topological polar surface area (TPSA) is 69.7 Å². The molecule has 2 heterocycles. The molecule has 0 bridgehead atoms. The molecule has 1 saturated heterocycles. The fourth-order valence-corrected chi connectivity index (χ4v) is 5.83. The van der Waals surface area contributed by atoms with Gasteiger partial charge in [0.2, 0.25) is 11.8 Å². The molecular formula is C22H21Cl2N3O3S. The number of carbonyl (C=O) groups excluding carboxylic acids is 3. The summed E-state index contributed by atoms with van der Waals surface area (Å²) in [6.45, 7) is 2.20. The van der Waals surface area contributed by atoms with Crippen LogP contribution in [0.4, 0.5) is 11.4 Å². The van der Waals surface area contributed by atoms with Gasteiger partial charge >= 0.3 is 0 Å². The fraction of sp³-hybridized carbons (Fsp3) is 0.318. The lowest BCUT2D eigenvalue weighted by molar-refractivity contribution is -0.137. The van der Waals surface area contributed by atoms with Gasteiger partial charge in [0.05, 0.1) is 22.9 Å². The summed E-state index contributed by atoms with van der Waals surface area (Å²) in [5.74, 6) is -0.676. The Morgan fingerprint density at radius 1 is 1.23 bits per heavy atom. The molecule has 0 aromatic heterocycles. The highest BCUT2D eigenvalue weighted by atomic mass is 35.5. The molecule has 6 nitrogen and oxygen atoms in total. The quantitative estimate of drug-likeness (QED) is 0.648. The van der Waals surface area contributed by atoms with Crippen LogP contribution < -0.4 is 10.2 Å². The van der Waals surface area contributed by atoms with Crippen molar-refractivity contribution in [1.82, 2.24) is 4.90 Å². The summed E-state index contributed by atoms with van der Waals surface area (Å²) in [5.41, 5.74) is 1.15. The summed E-state index contributed by atoms with van der Waals surface area (Å²) in [6.07, 6.45) is 1.39. The van der Waals surface area contributed by atoms with Crippen LogP contribution in [-0.4, -0.2) is 40.6 Å². The van der Waals surface area contributed by atoms with Gasteiger partial charge in [-0.3, -0.25) is 19.3 Å². The summed E-state index contributed by atoms with van der Waals surface area (Å²) >= 11 is 13.5. The van der Waals surface area contributed by atoms with E-state index in [1.807, 2.05) is 31.2 Å². The van der Waals surface area contributed by atoms with Crippen LogP contribution >= 0.6 is 35.0 Å². The largest absolute Gasteiger partial charge is 0.331 e. The molecule has 0 aliphatic carbocycles. The Labute approximate surface area is 194 Å². The van der Waals surface area contributed by atoms with Crippen molar-refractivity contribution < 1.29 is 14.4 Å². The van der Waals surface area contributed by atoms with Crippen LogP contribution in [0, 0.1) is 0 Å². The van der Waals surface area contributed by atoms with Crippen molar-refractivity contribution in [3.8, 4) is 0 Å². The molecule has 1 fully saturated rings. The van der Waals surface area contributed by atoms with Crippen LogP contribution in [0.2, 0.25) is 10.0 Å². The van der Waals surface area contributed by atoms with Gasteiger partial charge in [-0.15, -0.1) is 0 Å². The first-order valence-electron chi connectivity index (χ1n) is 10.0. The summed E-state index contributed by atoms with van der Waals surface area (Å²) in [4.78, 5) is 42.2. The van der Waals surface area contributed by atoms with E-state index in [0.29, 0.717) is 41.5 Å². The zero-order chi connectivity index (χ0) is 22.2. The number of para-hydroxylation sites is 1. The van der Waals surface area contributed by atoms with Crippen molar-refractivity contribution in [1.29, 1.82) is 0 Å². The van der Waals surface area contributed by atoms with Crippen LogP contribution in [-0.2, 0) is 14.4 Å². The molecule has 0 saturated carbocycles. The molecule has 0 spiro atoms. The lowest BCUT2D eigenvalue weighted by Crippen LogP contribution is -2.55. The lowest BCUT2D eigenvalue weighted by Gasteiger charge is -2.35. The molecule has 1 unspecified atom stereocenters. The van der Waals surface area contributed by atoms with Gasteiger partial charge in [0.1, 0.15) is 0 Å². The zero-order valence-corrected chi connectivity index (χ0v) is 19.2. The molecule has 31 heavy (non-hydrogen) atoms. The van der Waals surface area contributed by atoms with E-state index in [2.05, 4.69) is 5.32 Å². The highest BCUT2D eigenvalue weighted by Gasteiger charge is 2.58. The number of nitrogens with one attached hydrogen (secondary N) is 1. The van der Waals surface area contributed by atoms with Gasteiger partial charge in [0, 0.05) is 22.9 Å².